The average molecular weight is 314 g/mol. The second-order valence-electron chi connectivity index (χ2n) is 5.71. The highest BCUT2D eigenvalue weighted by Crippen LogP contribution is 2.34. The fourth-order valence-electron chi connectivity index (χ4n) is 2.20. The topological polar surface area (TPSA) is 58.6 Å². The molecule has 0 aliphatic heterocycles. The number of benzene rings is 1. The van der Waals surface area contributed by atoms with E-state index in [4.69, 9.17) is 4.74 Å². The first-order valence-electron chi connectivity index (χ1n) is 7.36. The van der Waals surface area contributed by atoms with Crippen LogP contribution in [0.1, 0.15) is 28.9 Å². The van der Waals surface area contributed by atoms with E-state index in [1.807, 2.05) is 44.1 Å². The van der Waals surface area contributed by atoms with Gasteiger partial charge in [0.05, 0.1) is 0 Å². The third kappa shape index (κ3) is 3.84. The van der Waals surface area contributed by atoms with Gasteiger partial charge < -0.3 is 14.5 Å². The summed E-state index contributed by atoms with van der Waals surface area (Å²) in [6.07, 6.45) is 3.05. The fraction of sp³-hybridized carbons (Fsp3) is 0.353. The molecule has 0 radical (unpaired) electrons. The molecular formula is C17H22N4O2. The minimum absolute atomic E-state index is 0.00642. The number of carbonyl (C=O) groups is 1. The van der Waals surface area contributed by atoms with Crippen LogP contribution in [0, 0.1) is 0 Å². The zero-order valence-electron chi connectivity index (χ0n) is 14.1. The molecule has 23 heavy (non-hydrogen) atoms. The molecule has 0 aliphatic carbocycles. The maximum absolute atomic E-state index is 12.5. The van der Waals surface area contributed by atoms with E-state index < -0.39 is 0 Å². The van der Waals surface area contributed by atoms with Crippen molar-refractivity contribution >= 4 is 5.91 Å². The van der Waals surface area contributed by atoms with Crippen molar-refractivity contribution in [3.8, 4) is 11.6 Å². The predicted octanol–water partition coefficient (Wildman–Crippen LogP) is 2.59. The van der Waals surface area contributed by atoms with Crippen molar-refractivity contribution in [2.75, 3.05) is 28.2 Å². The van der Waals surface area contributed by atoms with Crippen molar-refractivity contribution in [3.05, 3.63) is 47.9 Å². The first-order valence-corrected chi connectivity index (χ1v) is 7.36. The van der Waals surface area contributed by atoms with Gasteiger partial charge in [0.1, 0.15) is 12.1 Å². The Labute approximate surface area is 136 Å². The number of hydrogen-bond donors (Lipinski definition) is 0. The zero-order valence-corrected chi connectivity index (χ0v) is 14.1. The Balaban J connectivity index is 2.53. The van der Waals surface area contributed by atoms with E-state index in [-0.39, 0.29) is 11.9 Å². The highest BCUT2D eigenvalue weighted by molar-refractivity contribution is 5.96. The Hall–Kier alpha value is -2.47. The summed E-state index contributed by atoms with van der Waals surface area (Å²) < 4.78 is 5.90. The molecule has 6 heteroatoms. The summed E-state index contributed by atoms with van der Waals surface area (Å²) in [5.41, 5.74) is 1.47. The Morgan fingerprint density at radius 2 is 1.91 bits per heavy atom. The van der Waals surface area contributed by atoms with Crippen molar-refractivity contribution in [1.82, 2.24) is 19.8 Å². The van der Waals surface area contributed by atoms with Crippen LogP contribution < -0.4 is 4.74 Å². The number of nitrogens with zero attached hydrogens (tertiary/aromatic N) is 4. The summed E-state index contributed by atoms with van der Waals surface area (Å²) in [5, 5.41) is 0. The van der Waals surface area contributed by atoms with Gasteiger partial charge in [-0.05, 0) is 33.2 Å². The van der Waals surface area contributed by atoms with Gasteiger partial charge in [0.15, 0.2) is 0 Å². The Morgan fingerprint density at radius 3 is 2.48 bits per heavy atom. The third-order valence-corrected chi connectivity index (χ3v) is 3.66. The van der Waals surface area contributed by atoms with Gasteiger partial charge in [-0.3, -0.25) is 4.79 Å². The van der Waals surface area contributed by atoms with Crippen molar-refractivity contribution < 1.29 is 9.53 Å². The van der Waals surface area contributed by atoms with Gasteiger partial charge in [-0.2, -0.15) is 0 Å². The molecule has 0 N–H and O–H groups in total. The summed E-state index contributed by atoms with van der Waals surface area (Å²) in [6, 6.07) is 7.19. The van der Waals surface area contributed by atoms with Gasteiger partial charge in [-0.15, -0.1) is 0 Å². The second-order valence-corrected chi connectivity index (χ2v) is 5.71. The molecule has 6 nitrogen and oxygen atoms in total. The maximum Gasteiger partial charge on any atom is 0.253 e. The number of amides is 1. The molecular weight excluding hydrogens is 292 g/mol. The molecule has 1 aromatic carbocycles. The highest BCUT2D eigenvalue weighted by Gasteiger charge is 2.23. The minimum atomic E-state index is -0.0539. The molecule has 122 valence electrons. The van der Waals surface area contributed by atoms with E-state index in [0.29, 0.717) is 17.2 Å². The van der Waals surface area contributed by atoms with E-state index >= 15 is 0 Å². The van der Waals surface area contributed by atoms with Crippen molar-refractivity contribution in [2.24, 2.45) is 0 Å². The quantitative estimate of drug-likeness (QED) is 0.849. The number of aromatic nitrogens is 2. The molecule has 0 bridgehead atoms. The standard InChI is InChI=1S/C17H22N4O2/c1-12(20(2)3)16-13(17(22)21(4)5)7-6-8-14(16)23-15-9-10-18-11-19-15/h6-12H,1-5H3. The van der Waals surface area contributed by atoms with Crippen LogP contribution in [-0.2, 0) is 0 Å². The SMILES string of the molecule is CC(c1c(Oc2ccncn2)cccc1C(=O)N(C)C)N(C)C. The predicted molar refractivity (Wildman–Crippen MR) is 88.7 cm³/mol. The van der Waals surface area contributed by atoms with Gasteiger partial charge in [0, 0.05) is 43.5 Å². The number of ether oxygens (including phenoxy) is 1. The summed E-state index contributed by atoms with van der Waals surface area (Å²) in [7, 11) is 7.42. The minimum Gasteiger partial charge on any atom is -0.439 e. The van der Waals surface area contributed by atoms with Crippen LogP contribution in [0.4, 0.5) is 0 Å². The smallest absolute Gasteiger partial charge is 0.253 e. The van der Waals surface area contributed by atoms with Crippen molar-refractivity contribution in [3.63, 3.8) is 0 Å². The van der Waals surface area contributed by atoms with E-state index in [0.717, 1.165) is 5.56 Å². The van der Waals surface area contributed by atoms with Gasteiger partial charge in [0.2, 0.25) is 5.88 Å². The van der Waals surface area contributed by atoms with Crippen LogP contribution in [0.15, 0.2) is 36.8 Å². The molecule has 2 rings (SSSR count). The molecule has 1 heterocycles. The summed E-state index contributed by atoms with van der Waals surface area (Å²) in [4.78, 5) is 24.1. The van der Waals surface area contributed by atoms with Gasteiger partial charge in [0.25, 0.3) is 5.91 Å². The summed E-state index contributed by atoms with van der Waals surface area (Å²) in [6.45, 7) is 2.04. The third-order valence-electron chi connectivity index (χ3n) is 3.66. The van der Waals surface area contributed by atoms with Crippen molar-refractivity contribution in [1.29, 1.82) is 0 Å². The number of carbonyl (C=O) groups excluding carboxylic acids is 1. The molecule has 0 spiro atoms. The number of hydrogen-bond acceptors (Lipinski definition) is 5. The van der Waals surface area contributed by atoms with E-state index in [9.17, 15) is 4.79 Å². The molecule has 1 amide bonds. The summed E-state index contributed by atoms with van der Waals surface area (Å²) >= 11 is 0. The molecule has 0 saturated heterocycles. The molecule has 0 saturated carbocycles. The van der Waals surface area contributed by atoms with E-state index in [1.54, 1.807) is 31.3 Å². The highest BCUT2D eigenvalue weighted by atomic mass is 16.5. The zero-order chi connectivity index (χ0) is 17.0. The van der Waals surface area contributed by atoms with Crippen molar-refractivity contribution in [2.45, 2.75) is 13.0 Å². The van der Waals surface area contributed by atoms with Gasteiger partial charge in [-0.1, -0.05) is 6.07 Å². The van der Waals surface area contributed by atoms with Gasteiger partial charge >= 0.3 is 0 Å². The van der Waals surface area contributed by atoms with Crippen LogP contribution in [0.25, 0.3) is 0 Å². The lowest BCUT2D eigenvalue weighted by Gasteiger charge is -2.26. The maximum atomic E-state index is 12.5. The van der Waals surface area contributed by atoms with Crippen LogP contribution in [0.2, 0.25) is 0 Å². The summed E-state index contributed by atoms with van der Waals surface area (Å²) in [5.74, 6) is 1.01. The number of rotatable bonds is 5. The normalized spacial score (nSPS) is 12.1. The largest absolute Gasteiger partial charge is 0.439 e. The molecule has 1 atom stereocenters. The first kappa shape index (κ1) is 16.9. The van der Waals surface area contributed by atoms with E-state index in [2.05, 4.69) is 9.97 Å². The Kier molecular flexibility index (Phi) is 5.28. The van der Waals surface area contributed by atoms with E-state index in [1.165, 1.54) is 6.33 Å². The molecule has 1 unspecified atom stereocenters. The van der Waals surface area contributed by atoms with Crippen LogP contribution in [0.5, 0.6) is 11.6 Å². The fourth-order valence-corrected chi connectivity index (χ4v) is 2.20. The molecule has 1 aromatic heterocycles. The molecule has 0 aliphatic rings. The van der Waals surface area contributed by atoms with Crippen LogP contribution in [-0.4, -0.2) is 53.9 Å². The van der Waals surface area contributed by atoms with Crippen LogP contribution in [0.3, 0.4) is 0 Å². The molecule has 0 fully saturated rings. The van der Waals surface area contributed by atoms with Crippen LogP contribution >= 0.6 is 0 Å². The Morgan fingerprint density at radius 1 is 1.17 bits per heavy atom. The lowest BCUT2D eigenvalue weighted by atomic mass is 9.98. The molecule has 2 aromatic rings. The lowest BCUT2D eigenvalue weighted by molar-refractivity contribution is 0.0824. The monoisotopic (exact) mass is 314 g/mol. The lowest BCUT2D eigenvalue weighted by Crippen LogP contribution is -2.26. The Bertz CT molecular complexity index is 672. The van der Waals surface area contributed by atoms with Gasteiger partial charge in [-0.25, -0.2) is 9.97 Å². The second kappa shape index (κ2) is 7.19. The average Bonchev–Trinajstić information content (AvgIpc) is 2.54. The first-order chi connectivity index (χ1) is 10.9.